The van der Waals surface area contributed by atoms with Gasteiger partial charge < -0.3 is 19.9 Å². The van der Waals surface area contributed by atoms with Crippen LogP contribution in [0.5, 0.6) is 0 Å². The second kappa shape index (κ2) is 13.0. The number of aliphatic carboxylic acids is 1. The number of rotatable bonds is 10. The number of hydrogen-bond donors (Lipinski definition) is 2. The lowest BCUT2D eigenvalue weighted by Crippen LogP contribution is -2.45. The van der Waals surface area contributed by atoms with E-state index >= 15 is 0 Å². The second-order valence-corrected chi connectivity index (χ2v) is 13.4. The number of anilines is 1. The van der Waals surface area contributed by atoms with Gasteiger partial charge in [-0.15, -0.1) is 0 Å². The standard InChI is InChI=1S/C35H49N3O4/c1-24-22-42-35(18-8-20-41-23-35)30-13-6-12-29(31(24)30)32(34(39)40)38(2)28-17-14-25(21-28)9-4-3-5-11-27-16-15-26-10-7-19-36-33(26)37-27/h6,12-13,15-16,24-25,28,32H,3-5,7-11,14,17-23H2,1-2H3,(H,36,37)(H,39,40)/t24-,25+,28+,32+,35-/m1/s1. The van der Waals surface area contributed by atoms with Gasteiger partial charge in [-0.1, -0.05) is 50.5 Å². The van der Waals surface area contributed by atoms with E-state index in [9.17, 15) is 9.90 Å². The van der Waals surface area contributed by atoms with E-state index in [1.807, 2.05) is 19.2 Å². The van der Waals surface area contributed by atoms with Gasteiger partial charge in [0, 0.05) is 30.8 Å². The first kappa shape index (κ1) is 29.6. The van der Waals surface area contributed by atoms with E-state index in [0.717, 1.165) is 68.6 Å². The lowest BCUT2D eigenvalue weighted by Gasteiger charge is -2.45. The molecule has 0 amide bonds. The summed E-state index contributed by atoms with van der Waals surface area (Å²) in [6.07, 6.45) is 13.5. The number of nitrogens with one attached hydrogen (secondary N) is 1. The number of aromatic nitrogens is 1. The summed E-state index contributed by atoms with van der Waals surface area (Å²) in [5.41, 5.74) is 5.38. The summed E-state index contributed by atoms with van der Waals surface area (Å²) in [6, 6.07) is 10.3. The van der Waals surface area contributed by atoms with E-state index in [2.05, 4.69) is 35.3 Å². The van der Waals surface area contributed by atoms with Gasteiger partial charge in [-0.2, -0.15) is 0 Å². The van der Waals surface area contributed by atoms with Gasteiger partial charge in [-0.25, -0.2) is 4.98 Å². The predicted molar refractivity (Wildman–Crippen MR) is 165 cm³/mol. The lowest BCUT2D eigenvalue weighted by molar-refractivity contribution is -0.147. The molecule has 0 bridgehead atoms. The fourth-order valence-electron chi connectivity index (χ4n) is 8.15. The first-order valence-corrected chi connectivity index (χ1v) is 16.5. The number of carboxylic acid groups (broad SMARTS) is 1. The monoisotopic (exact) mass is 575 g/mol. The minimum atomic E-state index is -0.757. The Hall–Kier alpha value is -2.48. The van der Waals surface area contributed by atoms with Gasteiger partial charge in [0.1, 0.15) is 17.5 Å². The highest BCUT2D eigenvalue weighted by molar-refractivity contribution is 5.76. The van der Waals surface area contributed by atoms with Crippen molar-refractivity contribution in [1.82, 2.24) is 9.88 Å². The summed E-state index contributed by atoms with van der Waals surface area (Å²) in [6.45, 7) is 5.12. The Balaban J connectivity index is 1.05. The van der Waals surface area contributed by atoms with E-state index in [1.54, 1.807) is 0 Å². The zero-order valence-corrected chi connectivity index (χ0v) is 25.6. The Morgan fingerprint density at radius 2 is 2.10 bits per heavy atom. The third kappa shape index (κ3) is 6.11. The average molecular weight is 576 g/mol. The molecule has 6 rings (SSSR count). The molecule has 1 aliphatic carbocycles. The molecule has 0 radical (unpaired) electrons. The Morgan fingerprint density at radius 1 is 1.19 bits per heavy atom. The molecule has 228 valence electrons. The highest BCUT2D eigenvalue weighted by atomic mass is 16.5. The van der Waals surface area contributed by atoms with Gasteiger partial charge in [0.25, 0.3) is 0 Å². The Kier molecular flexibility index (Phi) is 9.18. The van der Waals surface area contributed by atoms with Gasteiger partial charge in [0.2, 0.25) is 0 Å². The number of pyridine rings is 1. The quantitative estimate of drug-likeness (QED) is 0.309. The van der Waals surface area contributed by atoms with Crippen LogP contribution in [0.3, 0.4) is 0 Å². The number of benzene rings is 1. The summed E-state index contributed by atoms with van der Waals surface area (Å²) in [4.78, 5) is 19.9. The molecule has 1 aromatic heterocycles. The van der Waals surface area contributed by atoms with Crippen LogP contribution in [0.25, 0.3) is 0 Å². The smallest absolute Gasteiger partial charge is 0.325 e. The molecular formula is C35H49N3O4. The van der Waals surface area contributed by atoms with Gasteiger partial charge in [-0.3, -0.25) is 9.69 Å². The zero-order chi connectivity index (χ0) is 29.1. The number of carboxylic acids is 1. The van der Waals surface area contributed by atoms with Crippen LogP contribution in [0.2, 0.25) is 0 Å². The van der Waals surface area contributed by atoms with Crippen LogP contribution < -0.4 is 5.32 Å². The number of likely N-dealkylation sites (N-methyl/N-ethyl adjacent to an activating group) is 1. The molecule has 3 aliphatic heterocycles. The van der Waals surface area contributed by atoms with Gasteiger partial charge in [-0.05, 0) is 99.1 Å². The van der Waals surface area contributed by atoms with Crippen LogP contribution in [0.1, 0.15) is 111 Å². The van der Waals surface area contributed by atoms with Crippen molar-refractivity contribution < 1.29 is 19.4 Å². The fraction of sp³-hybridized carbons (Fsp3) is 0.657. The van der Waals surface area contributed by atoms with E-state index in [-0.39, 0.29) is 5.92 Å². The maximum Gasteiger partial charge on any atom is 0.325 e. The lowest BCUT2D eigenvalue weighted by atomic mass is 9.76. The number of aryl methyl sites for hydroxylation is 2. The Bertz CT molecular complexity index is 1240. The number of unbranched alkanes of at least 4 members (excludes halogenated alkanes) is 2. The zero-order valence-electron chi connectivity index (χ0n) is 25.6. The molecule has 4 heterocycles. The Labute approximate surface area is 251 Å². The van der Waals surface area contributed by atoms with Gasteiger partial charge in [0.05, 0.1) is 13.2 Å². The highest BCUT2D eigenvalue weighted by Gasteiger charge is 2.44. The van der Waals surface area contributed by atoms with Crippen molar-refractivity contribution in [2.24, 2.45) is 5.92 Å². The van der Waals surface area contributed by atoms with Crippen LogP contribution in [0, 0.1) is 5.92 Å². The van der Waals surface area contributed by atoms with E-state index < -0.39 is 17.6 Å². The molecule has 7 nitrogen and oxygen atoms in total. The molecule has 0 unspecified atom stereocenters. The molecule has 1 spiro atoms. The first-order valence-electron chi connectivity index (χ1n) is 16.5. The molecule has 2 fully saturated rings. The highest BCUT2D eigenvalue weighted by Crippen LogP contribution is 2.46. The molecule has 1 saturated heterocycles. The minimum absolute atomic E-state index is 0.156. The van der Waals surface area contributed by atoms with Crippen molar-refractivity contribution in [2.45, 2.75) is 108 Å². The summed E-state index contributed by atoms with van der Waals surface area (Å²) in [5.74, 6) is 1.18. The SMILES string of the molecule is C[C@@H]1CO[C@@]2(CCCOC2)c2cccc([C@@H](C(=O)O)N(C)[C@H]3CC[C@H](CCCCCc4ccc5c(n4)NCCC5)C3)c21. The summed E-state index contributed by atoms with van der Waals surface area (Å²) in [5, 5.41) is 14.0. The van der Waals surface area contributed by atoms with Crippen molar-refractivity contribution in [3.05, 3.63) is 58.3 Å². The van der Waals surface area contributed by atoms with E-state index in [1.165, 1.54) is 55.3 Å². The molecule has 4 aliphatic rings. The predicted octanol–water partition coefficient (Wildman–Crippen LogP) is 6.61. The molecule has 7 heteroatoms. The van der Waals surface area contributed by atoms with Crippen LogP contribution in [0.15, 0.2) is 30.3 Å². The van der Waals surface area contributed by atoms with Gasteiger partial charge >= 0.3 is 5.97 Å². The summed E-state index contributed by atoms with van der Waals surface area (Å²) < 4.78 is 12.3. The molecule has 1 saturated carbocycles. The van der Waals surface area contributed by atoms with Crippen LogP contribution in [-0.4, -0.2) is 60.4 Å². The average Bonchev–Trinajstić information content (AvgIpc) is 3.48. The topological polar surface area (TPSA) is 83.9 Å². The number of carbonyl (C=O) groups is 1. The molecule has 2 aromatic rings. The maximum atomic E-state index is 12.9. The summed E-state index contributed by atoms with van der Waals surface area (Å²) in [7, 11) is 2.04. The molecule has 2 N–H and O–H groups in total. The largest absolute Gasteiger partial charge is 0.480 e. The fourth-order valence-corrected chi connectivity index (χ4v) is 8.15. The summed E-state index contributed by atoms with van der Waals surface area (Å²) >= 11 is 0. The van der Waals surface area contributed by atoms with Crippen LogP contribution in [-0.2, 0) is 32.7 Å². The van der Waals surface area contributed by atoms with Crippen molar-refractivity contribution in [3.63, 3.8) is 0 Å². The number of hydrogen-bond acceptors (Lipinski definition) is 6. The van der Waals surface area contributed by atoms with Crippen LogP contribution in [0.4, 0.5) is 5.82 Å². The third-order valence-electron chi connectivity index (χ3n) is 10.5. The van der Waals surface area contributed by atoms with Crippen LogP contribution >= 0.6 is 0 Å². The number of nitrogens with zero attached hydrogens (tertiary/aromatic N) is 2. The number of ether oxygens (including phenoxy) is 2. The third-order valence-corrected chi connectivity index (χ3v) is 10.5. The van der Waals surface area contributed by atoms with Crippen molar-refractivity contribution in [2.75, 3.05) is 38.7 Å². The minimum Gasteiger partial charge on any atom is -0.480 e. The van der Waals surface area contributed by atoms with E-state index in [4.69, 9.17) is 14.5 Å². The van der Waals surface area contributed by atoms with Crippen molar-refractivity contribution in [3.8, 4) is 0 Å². The van der Waals surface area contributed by atoms with E-state index in [0.29, 0.717) is 25.2 Å². The molecule has 5 atom stereocenters. The Morgan fingerprint density at radius 3 is 2.93 bits per heavy atom. The molecule has 1 aromatic carbocycles. The molecular weight excluding hydrogens is 526 g/mol. The van der Waals surface area contributed by atoms with Crippen molar-refractivity contribution in [1.29, 1.82) is 0 Å². The normalized spacial score (nSPS) is 27.8. The second-order valence-electron chi connectivity index (χ2n) is 13.4. The number of fused-ring (bicyclic) bond motifs is 3. The first-order chi connectivity index (χ1) is 20.4. The molecule has 42 heavy (non-hydrogen) atoms. The van der Waals surface area contributed by atoms with Gasteiger partial charge in [0.15, 0.2) is 0 Å². The van der Waals surface area contributed by atoms with Crippen molar-refractivity contribution >= 4 is 11.8 Å². The maximum absolute atomic E-state index is 12.9.